The third-order valence-corrected chi connectivity index (χ3v) is 10.8. The monoisotopic (exact) mass is 1230 g/mol. The quantitative estimate of drug-likeness (QED) is 0.136. The molecule has 0 atom stereocenters. The molecule has 68 heavy (non-hydrogen) atoms. The molecule has 8 bridgehead atoms. The average molecular weight is 1230 g/mol. The molecule has 0 radical (unpaired) electrons. The van der Waals surface area contributed by atoms with Crippen molar-refractivity contribution >= 4 is 46.4 Å². The van der Waals surface area contributed by atoms with Crippen molar-refractivity contribution in [2.45, 2.75) is 0 Å². The number of aromatic amines is 2. The molecule has 3 aromatic heterocycles. The van der Waals surface area contributed by atoms with Crippen LogP contribution in [0.2, 0.25) is 0 Å². The van der Waals surface area contributed by atoms with Crippen LogP contribution >= 0.6 is 0 Å². The minimum Gasteiger partial charge on any atom is -0.418 e. The van der Waals surface area contributed by atoms with Gasteiger partial charge in [-0.2, -0.15) is 121 Å². The first-order valence-corrected chi connectivity index (χ1v) is 21.5. The minimum absolute atomic E-state index is 0. The summed E-state index contributed by atoms with van der Waals surface area (Å²) in [6, 6.07) is 82.5. The Morgan fingerprint density at radius 1 is 0.279 bits per heavy atom. The van der Waals surface area contributed by atoms with Gasteiger partial charge in [0.05, 0.1) is 0 Å². The van der Waals surface area contributed by atoms with E-state index < -0.39 is 0 Å². The molecule has 0 fully saturated rings. The summed E-state index contributed by atoms with van der Waals surface area (Å²) in [5.41, 5.74) is 16.5. The fourth-order valence-electron chi connectivity index (χ4n) is 7.87. The summed E-state index contributed by atoms with van der Waals surface area (Å²) in [6.45, 7) is 0. The third kappa shape index (κ3) is 13.1. The van der Waals surface area contributed by atoms with E-state index in [0.29, 0.717) is 0 Å². The van der Waals surface area contributed by atoms with Crippen molar-refractivity contribution in [2.75, 3.05) is 0 Å². The Labute approximate surface area is 450 Å². The molecule has 11 aromatic rings. The van der Waals surface area contributed by atoms with E-state index in [1.54, 1.807) is 0 Å². The zero-order valence-corrected chi connectivity index (χ0v) is 43.7. The van der Waals surface area contributed by atoms with Gasteiger partial charge in [0.25, 0.3) is 0 Å². The number of H-pyrrole nitrogens is 2. The molecule has 5 heterocycles. The van der Waals surface area contributed by atoms with Crippen LogP contribution in [-0.4, -0.2) is 19.9 Å². The SMILES string of the molecule is C1=Cc2nc1c(-[c-]1cccc1)c1nc(c(-[c-]3cccc3)c3ccc([nH]3)c(-[c-]3cccc3)c3ccc([nH]3)c2-[c-]2cccc2)C=C1.[Ru+2].[Ru+2].[Ru+2].[Ru+2].c1cc[cH-]c1.c1cc[cH-]c1.c1cc[cH-]c1.c1cc[cH-]c1. The Morgan fingerprint density at radius 3 is 0.750 bits per heavy atom. The zero-order chi connectivity index (χ0) is 43.2. The number of nitrogens with one attached hydrogen (secondary N) is 2. The van der Waals surface area contributed by atoms with Gasteiger partial charge in [-0.1, -0.05) is 93.1 Å². The Bertz CT molecular complexity index is 2920. The van der Waals surface area contributed by atoms with Crippen LogP contribution in [0.3, 0.4) is 0 Å². The van der Waals surface area contributed by atoms with E-state index in [1.165, 1.54) is 0 Å². The van der Waals surface area contributed by atoms with Crippen molar-refractivity contribution < 1.29 is 77.9 Å². The summed E-state index contributed by atoms with van der Waals surface area (Å²) in [4.78, 5) is 18.1. The Hall–Kier alpha value is -6.11. The van der Waals surface area contributed by atoms with E-state index in [1.807, 2.05) is 121 Å². The molecule has 2 N–H and O–H groups in total. The summed E-state index contributed by atoms with van der Waals surface area (Å²) in [5, 5.41) is 0. The first-order valence-electron chi connectivity index (χ1n) is 21.5. The Kier molecular flexibility index (Phi) is 21.0. The number of aromatic nitrogens is 4. The van der Waals surface area contributed by atoms with Gasteiger partial charge < -0.3 is 19.9 Å². The normalized spacial score (nSPS) is 10.4. The van der Waals surface area contributed by atoms with Gasteiger partial charge in [-0.05, 0) is 44.8 Å². The van der Waals surface area contributed by atoms with Crippen LogP contribution in [0, 0.1) is 0 Å². The second kappa shape index (κ2) is 27.0. The van der Waals surface area contributed by atoms with Crippen LogP contribution in [0.4, 0.5) is 0 Å². The molecule has 0 aliphatic carbocycles. The van der Waals surface area contributed by atoms with Crippen LogP contribution in [0.1, 0.15) is 22.8 Å². The van der Waals surface area contributed by atoms with Crippen molar-refractivity contribution in [2.24, 2.45) is 0 Å². The van der Waals surface area contributed by atoms with E-state index in [0.717, 1.165) is 89.4 Å². The number of rotatable bonds is 4. The third-order valence-electron chi connectivity index (χ3n) is 10.8. The summed E-state index contributed by atoms with van der Waals surface area (Å²) in [7, 11) is 0. The second-order valence-electron chi connectivity index (χ2n) is 15.0. The van der Waals surface area contributed by atoms with E-state index in [9.17, 15) is 0 Å². The fraction of sp³-hybridized carbons (Fsp3) is 0. The van der Waals surface area contributed by atoms with Crippen molar-refractivity contribution in [3.05, 3.63) is 265 Å². The van der Waals surface area contributed by atoms with Gasteiger partial charge in [0, 0.05) is 0 Å². The van der Waals surface area contributed by atoms with Gasteiger partial charge in [0.15, 0.2) is 0 Å². The van der Waals surface area contributed by atoms with Crippen LogP contribution in [0.25, 0.3) is 90.9 Å². The molecule has 8 aromatic carbocycles. The standard InChI is InChI=1S/C40H26N4.4C5H5.4Ru/c1-2-10-25(9-1)37-29-17-19-31(41-29)38(26-11-3-4-12-26)33-21-23-35(43-33)40(28-15-7-8-16-28)36-24-22-34(44-36)39(27-13-5-6-14-27)32-20-18-30(37)42-32;4*1-2-4-5-3-1;;;;/h1-24,41-42H;4*1-5H;;;;/q-4;4*-1;4*+2. The molecule has 0 saturated carbocycles. The van der Waals surface area contributed by atoms with E-state index in [4.69, 9.17) is 9.97 Å². The van der Waals surface area contributed by atoms with Gasteiger partial charge in [-0.3, -0.25) is 0 Å². The topological polar surface area (TPSA) is 57.4 Å². The van der Waals surface area contributed by atoms with Gasteiger partial charge >= 0.3 is 77.9 Å². The van der Waals surface area contributed by atoms with Crippen LogP contribution in [0.5, 0.6) is 0 Å². The molecular weight excluding hydrogens is 1180 g/mol. The second-order valence-corrected chi connectivity index (χ2v) is 15.0. The smallest absolute Gasteiger partial charge is 0.418 e. The molecule has 0 saturated heterocycles. The van der Waals surface area contributed by atoms with Gasteiger partial charge in [0.1, 0.15) is 0 Å². The van der Waals surface area contributed by atoms with Gasteiger partial charge in [-0.25, -0.2) is 48.5 Å². The summed E-state index contributed by atoms with van der Waals surface area (Å²) in [5.74, 6) is 0. The first-order chi connectivity index (χ1) is 31.8. The Morgan fingerprint density at radius 2 is 0.500 bits per heavy atom. The predicted molar refractivity (Wildman–Crippen MR) is 271 cm³/mol. The van der Waals surface area contributed by atoms with Gasteiger partial charge in [-0.15, -0.1) is 48.5 Å². The molecule has 338 valence electrons. The summed E-state index contributed by atoms with van der Waals surface area (Å²) < 4.78 is 0. The Balaban J connectivity index is 0.000000298. The van der Waals surface area contributed by atoms with Crippen LogP contribution in [0.15, 0.2) is 243 Å². The number of fused-ring (bicyclic) bond motifs is 8. The molecule has 2 aliphatic rings. The molecule has 0 amide bonds. The summed E-state index contributed by atoms with van der Waals surface area (Å²) in [6.07, 6.45) is 8.50. The molecule has 8 heteroatoms. The van der Waals surface area contributed by atoms with Crippen molar-refractivity contribution in [3.8, 4) is 44.5 Å². The molecule has 0 spiro atoms. The predicted octanol–water partition coefficient (Wildman–Crippen LogP) is 15.8. The maximum Gasteiger partial charge on any atom is 2.00 e. The number of hydrogen-bond acceptors (Lipinski definition) is 2. The molecule has 2 aliphatic heterocycles. The van der Waals surface area contributed by atoms with E-state index in [-0.39, 0.29) is 77.9 Å². The summed E-state index contributed by atoms with van der Waals surface area (Å²) >= 11 is 0. The molecule has 4 nitrogen and oxygen atoms in total. The van der Waals surface area contributed by atoms with Gasteiger partial charge in [0.2, 0.25) is 0 Å². The van der Waals surface area contributed by atoms with Crippen molar-refractivity contribution in [1.82, 2.24) is 19.9 Å². The number of hydrogen-bond donors (Lipinski definition) is 2. The van der Waals surface area contributed by atoms with E-state index in [2.05, 4.69) is 156 Å². The number of nitrogens with zero attached hydrogens (tertiary/aromatic N) is 2. The largest absolute Gasteiger partial charge is 2.00 e. The van der Waals surface area contributed by atoms with E-state index >= 15 is 0 Å². The van der Waals surface area contributed by atoms with Crippen LogP contribution < -0.4 is 0 Å². The van der Waals surface area contributed by atoms with Crippen molar-refractivity contribution in [1.29, 1.82) is 0 Å². The first kappa shape index (κ1) is 52.9. The molecular formula is C60H46N4Ru4. The van der Waals surface area contributed by atoms with Crippen molar-refractivity contribution in [3.63, 3.8) is 0 Å². The average Bonchev–Trinajstić information content (AvgIpc) is 4.17. The minimum atomic E-state index is 0. The maximum atomic E-state index is 5.28. The van der Waals surface area contributed by atoms with Crippen LogP contribution in [-0.2, 0) is 77.9 Å². The molecule has 0 unspecified atom stereocenters. The fourth-order valence-corrected chi connectivity index (χ4v) is 7.87. The zero-order valence-electron chi connectivity index (χ0n) is 36.7. The molecule has 13 rings (SSSR count). The maximum absolute atomic E-state index is 5.28.